The molecule has 0 aliphatic carbocycles. The van der Waals surface area contributed by atoms with Gasteiger partial charge in [0.25, 0.3) is 5.91 Å². The Morgan fingerprint density at radius 2 is 1.31 bits per heavy atom. The topological polar surface area (TPSA) is 23.6 Å². The molecule has 1 unspecified atom stereocenters. The summed E-state index contributed by atoms with van der Waals surface area (Å²) in [7, 11) is 0. The van der Waals surface area contributed by atoms with E-state index in [0.717, 1.165) is 16.8 Å². The minimum atomic E-state index is -0.413. The maximum Gasteiger partial charge on any atom is 0.260 e. The van der Waals surface area contributed by atoms with Crippen LogP contribution in [0.15, 0.2) is 91.0 Å². The standard InChI is InChI=1S/C22H18N2OS/c25-21-20(18-12-6-2-7-13-18)23(16-17-10-4-1-5-11-17)22(26)24(21)19-14-8-3-9-15-19/h1-15,20H,16H2. The Bertz CT molecular complexity index is 913. The number of hydrogen-bond acceptors (Lipinski definition) is 2. The molecule has 0 bridgehead atoms. The van der Waals surface area contributed by atoms with Crippen LogP contribution in [0, 0.1) is 0 Å². The number of benzene rings is 3. The third kappa shape index (κ3) is 3.00. The van der Waals surface area contributed by atoms with Crippen molar-refractivity contribution in [3.05, 3.63) is 102 Å². The molecule has 1 heterocycles. The fourth-order valence-electron chi connectivity index (χ4n) is 3.30. The second-order valence-corrected chi connectivity index (χ2v) is 6.58. The Balaban J connectivity index is 1.76. The number of anilines is 1. The van der Waals surface area contributed by atoms with Crippen LogP contribution < -0.4 is 4.90 Å². The molecular weight excluding hydrogens is 340 g/mol. The van der Waals surface area contributed by atoms with Crippen molar-refractivity contribution < 1.29 is 4.79 Å². The van der Waals surface area contributed by atoms with Crippen LogP contribution in [0.25, 0.3) is 0 Å². The largest absolute Gasteiger partial charge is 0.328 e. The van der Waals surface area contributed by atoms with Crippen LogP contribution in [0.4, 0.5) is 5.69 Å². The highest BCUT2D eigenvalue weighted by Crippen LogP contribution is 2.35. The summed E-state index contributed by atoms with van der Waals surface area (Å²) >= 11 is 5.73. The highest BCUT2D eigenvalue weighted by Gasteiger charge is 2.43. The molecule has 1 aliphatic rings. The maximum absolute atomic E-state index is 13.3. The van der Waals surface area contributed by atoms with Gasteiger partial charge in [-0.15, -0.1) is 0 Å². The van der Waals surface area contributed by atoms with Crippen molar-refractivity contribution >= 4 is 28.9 Å². The van der Waals surface area contributed by atoms with E-state index in [0.29, 0.717) is 11.7 Å². The van der Waals surface area contributed by atoms with Crippen molar-refractivity contribution in [3.63, 3.8) is 0 Å². The molecule has 26 heavy (non-hydrogen) atoms. The molecule has 1 aliphatic heterocycles. The minimum Gasteiger partial charge on any atom is -0.328 e. The van der Waals surface area contributed by atoms with Gasteiger partial charge in [-0.05, 0) is 35.5 Å². The number of rotatable bonds is 4. The van der Waals surface area contributed by atoms with Gasteiger partial charge < -0.3 is 4.90 Å². The van der Waals surface area contributed by atoms with Gasteiger partial charge >= 0.3 is 0 Å². The minimum absolute atomic E-state index is 0.0108. The number of para-hydroxylation sites is 1. The third-order valence-corrected chi connectivity index (χ3v) is 4.95. The zero-order chi connectivity index (χ0) is 17.9. The molecule has 0 aromatic heterocycles. The Hall–Kier alpha value is -2.98. The van der Waals surface area contributed by atoms with Crippen LogP contribution in [-0.2, 0) is 11.3 Å². The first-order valence-corrected chi connectivity index (χ1v) is 8.95. The van der Waals surface area contributed by atoms with Gasteiger partial charge in [0.2, 0.25) is 0 Å². The lowest BCUT2D eigenvalue weighted by molar-refractivity contribution is -0.120. The van der Waals surface area contributed by atoms with Gasteiger partial charge in [0.05, 0.1) is 5.69 Å². The van der Waals surface area contributed by atoms with Crippen molar-refractivity contribution in [2.45, 2.75) is 12.6 Å². The normalized spacial score (nSPS) is 17.0. The van der Waals surface area contributed by atoms with E-state index in [9.17, 15) is 4.79 Å². The second kappa shape index (κ2) is 7.10. The summed E-state index contributed by atoms with van der Waals surface area (Å²) in [4.78, 5) is 17.0. The molecule has 0 N–H and O–H groups in total. The summed E-state index contributed by atoms with van der Waals surface area (Å²) in [5.41, 5.74) is 2.88. The van der Waals surface area contributed by atoms with Crippen LogP contribution >= 0.6 is 12.2 Å². The Kier molecular flexibility index (Phi) is 4.50. The number of hydrogen-bond donors (Lipinski definition) is 0. The summed E-state index contributed by atoms with van der Waals surface area (Å²) < 4.78 is 0. The first-order valence-electron chi connectivity index (χ1n) is 8.54. The Morgan fingerprint density at radius 3 is 1.92 bits per heavy atom. The predicted molar refractivity (Wildman–Crippen MR) is 108 cm³/mol. The first-order chi connectivity index (χ1) is 12.8. The Labute approximate surface area is 158 Å². The van der Waals surface area contributed by atoms with Crippen molar-refractivity contribution in [2.24, 2.45) is 0 Å². The smallest absolute Gasteiger partial charge is 0.260 e. The number of carbonyl (C=O) groups excluding carboxylic acids is 1. The molecule has 0 saturated carbocycles. The van der Waals surface area contributed by atoms with Gasteiger partial charge in [-0.1, -0.05) is 78.9 Å². The lowest BCUT2D eigenvalue weighted by Gasteiger charge is -2.24. The van der Waals surface area contributed by atoms with Crippen LogP contribution in [0.5, 0.6) is 0 Å². The van der Waals surface area contributed by atoms with E-state index in [-0.39, 0.29) is 5.91 Å². The highest BCUT2D eigenvalue weighted by molar-refractivity contribution is 7.80. The zero-order valence-corrected chi connectivity index (χ0v) is 15.0. The average Bonchev–Trinajstić information content (AvgIpc) is 2.94. The van der Waals surface area contributed by atoms with Crippen LogP contribution in [0.3, 0.4) is 0 Å². The van der Waals surface area contributed by atoms with Crippen molar-refractivity contribution in [1.82, 2.24) is 4.90 Å². The number of amides is 1. The summed E-state index contributed by atoms with van der Waals surface area (Å²) in [5.74, 6) is -0.0108. The van der Waals surface area contributed by atoms with E-state index in [4.69, 9.17) is 12.2 Å². The maximum atomic E-state index is 13.3. The van der Waals surface area contributed by atoms with Gasteiger partial charge in [-0.25, -0.2) is 0 Å². The summed E-state index contributed by atoms with van der Waals surface area (Å²) in [6, 6.07) is 29.1. The first kappa shape index (κ1) is 16.5. The van der Waals surface area contributed by atoms with Crippen molar-refractivity contribution in [3.8, 4) is 0 Å². The van der Waals surface area contributed by atoms with Gasteiger partial charge in [-0.2, -0.15) is 0 Å². The molecule has 4 rings (SSSR count). The molecule has 4 heteroatoms. The van der Waals surface area contributed by atoms with Crippen LogP contribution in [-0.4, -0.2) is 15.9 Å². The predicted octanol–water partition coefficient (Wildman–Crippen LogP) is 4.56. The highest BCUT2D eigenvalue weighted by atomic mass is 32.1. The van der Waals surface area contributed by atoms with Crippen molar-refractivity contribution in [1.29, 1.82) is 0 Å². The van der Waals surface area contributed by atoms with Crippen LogP contribution in [0.1, 0.15) is 17.2 Å². The van der Waals surface area contributed by atoms with E-state index in [1.54, 1.807) is 4.90 Å². The van der Waals surface area contributed by atoms with E-state index in [1.165, 1.54) is 0 Å². The molecule has 128 valence electrons. The average molecular weight is 358 g/mol. The third-order valence-electron chi connectivity index (χ3n) is 4.53. The van der Waals surface area contributed by atoms with Gasteiger partial charge in [0, 0.05) is 6.54 Å². The lowest BCUT2D eigenvalue weighted by atomic mass is 10.1. The summed E-state index contributed by atoms with van der Waals surface area (Å²) in [6.07, 6.45) is 0. The molecule has 0 radical (unpaired) electrons. The molecule has 1 saturated heterocycles. The molecule has 3 aromatic carbocycles. The number of thiocarbonyl (C=S) groups is 1. The van der Waals surface area contributed by atoms with Crippen molar-refractivity contribution in [2.75, 3.05) is 4.90 Å². The lowest BCUT2D eigenvalue weighted by Crippen LogP contribution is -2.32. The zero-order valence-electron chi connectivity index (χ0n) is 14.2. The monoisotopic (exact) mass is 358 g/mol. The molecule has 1 amide bonds. The molecule has 0 spiro atoms. The molecular formula is C22H18N2OS. The fraction of sp³-hybridized carbons (Fsp3) is 0.0909. The van der Waals surface area contributed by atoms with E-state index in [2.05, 4.69) is 12.1 Å². The molecule has 1 atom stereocenters. The van der Waals surface area contributed by atoms with Gasteiger partial charge in [0.1, 0.15) is 6.04 Å². The molecule has 1 fully saturated rings. The van der Waals surface area contributed by atoms with E-state index >= 15 is 0 Å². The quantitative estimate of drug-likeness (QED) is 0.639. The van der Waals surface area contributed by atoms with Gasteiger partial charge in [-0.3, -0.25) is 9.69 Å². The summed E-state index contributed by atoms with van der Waals surface area (Å²) in [5, 5.41) is 0.541. The fourth-order valence-corrected chi connectivity index (χ4v) is 3.67. The molecule has 3 nitrogen and oxygen atoms in total. The van der Waals surface area contributed by atoms with E-state index < -0.39 is 6.04 Å². The second-order valence-electron chi connectivity index (χ2n) is 6.22. The summed E-state index contributed by atoms with van der Waals surface area (Å²) in [6.45, 7) is 0.592. The number of carbonyl (C=O) groups is 1. The number of nitrogens with zero attached hydrogens (tertiary/aromatic N) is 2. The SMILES string of the molecule is O=C1C(c2ccccc2)N(Cc2ccccc2)C(=S)N1c1ccccc1. The van der Waals surface area contributed by atoms with Gasteiger partial charge in [0.15, 0.2) is 5.11 Å². The molecule has 3 aromatic rings. The Morgan fingerprint density at radius 1 is 0.769 bits per heavy atom. The van der Waals surface area contributed by atoms with E-state index in [1.807, 2.05) is 83.8 Å². The van der Waals surface area contributed by atoms with Crippen LogP contribution in [0.2, 0.25) is 0 Å².